The molecule has 1 aromatic carbocycles. The molecule has 0 aliphatic rings. The number of carbonyl (C=O) groups excluding carboxylic acids is 2. The highest BCUT2D eigenvalue weighted by Crippen LogP contribution is 2.23. The smallest absolute Gasteiger partial charge is 0.428 e. The van der Waals surface area contributed by atoms with Gasteiger partial charge in [-0.3, -0.25) is 5.32 Å². The van der Waals surface area contributed by atoms with Crippen LogP contribution in [0, 0.1) is 12.3 Å². The van der Waals surface area contributed by atoms with Gasteiger partial charge >= 0.3 is 12.2 Å². The molecule has 0 unspecified atom stereocenters. The number of terminal acetylenes is 1. The van der Waals surface area contributed by atoms with Crippen molar-refractivity contribution in [1.82, 2.24) is 9.97 Å². The zero-order chi connectivity index (χ0) is 23.4. The van der Waals surface area contributed by atoms with Crippen molar-refractivity contribution in [2.75, 3.05) is 5.32 Å². The van der Waals surface area contributed by atoms with Crippen molar-refractivity contribution in [3.63, 3.8) is 0 Å². The van der Waals surface area contributed by atoms with E-state index in [0.717, 1.165) is 0 Å². The van der Waals surface area contributed by atoms with Gasteiger partial charge in [-0.05, 0) is 52.7 Å². The second-order valence-electron chi connectivity index (χ2n) is 7.69. The van der Waals surface area contributed by atoms with Gasteiger partial charge in [0.25, 0.3) is 0 Å². The van der Waals surface area contributed by atoms with Crippen LogP contribution in [0.5, 0.6) is 0 Å². The number of benzene rings is 1. The topological polar surface area (TPSA) is 125 Å². The Kier molecular flexibility index (Phi) is 7.02. The molecule has 0 saturated carbocycles. The summed E-state index contributed by atoms with van der Waals surface area (Å²) in [6.07, 6.45) is 4.50. The Labute approximate surface area is 181 Å². The molecule has 0 radical (unpaired) electrons. The van der Waals surface area contributed by atoms with Crippen LogP contribution in [0.15, 0.2) is 35.4 Å². The number of hydrogen-bond acceptors (Lipinski definition) is 8. The van der Waals surface area contributed by atoms with Gasteiger partial charge in [0.05, 0.1) is 22.0 Å². The summed E-state index contributed by atoms with van der Waals surface area (Å²) in [7, 11) is -3.40. The van der Waals surface area contributed by atoms with E-state index in [9.17, 15) is 18.0 Å². The van der Waals surface area contributed by atoms with Crippen LogP contribution in [-0.2, 0) is 19.3 Å². The highest BCUT2D eigenvalue weighted by Gasteiger charge is 2.22. The first-order chi connectivity index (χ1) is 14.3. The molecule has 2 aromatic rings. The standard InChI is InChI=1S/C21H23N3O6S/c1-7-16-18(24-19(25)29-20(26)30-21(4,5)6)22-12-17(23-16)14-8-10-15(11-9-14)31(27,28)13(2)3/h1,8-13H,2-6H3,(H,22,24,25). The number of carbonyl (C=O) groups is 2. The average Bonchev–Trinajstić information content (AvgIpc) is 2.66. The Morgan fingerprint density at radius 2 is 1.77 bits per heavy atom. The third kappa shape index (κ3) is 6.26. The minimum Gasteiger partial charge on any atom is -0.428 e. The van der Waals surface area contributed by atoms with Crippen LogP contribution in [-0.4, -0.2) is 41.5 Å². The number of sulfone groups is 1. The van der Waals surface area contributed by atoms with E-state index < -0.39 is 32.9 Å². The lowest BCUT2D eigenvalue weighted by Gasteiger charge is -2.18. The van der Waals surface area contributed by atoms with Gasteiger partial charge in [-0.25, -0.2) is 28.0 Å². The number of amides is 1. The van der Waals surface area contributed by atoms with E-state index in [1.807, 2.05) is 0 Å². The second-order valence-corrected chi connectivity index (χ2v) is 10.2. The lowest BCUT2D eigenvalue weighted by Crippen LogP contribution is -2.28. The molecule has 0 aliphatic heterocycles. The van der Waals surface area contributed by atoms with Crippen molar-refractivity contribution in [2.45, 2.75) is 50.4 Å². The van der Waals surface area contributed by atoms with Crippen LogP contribution in [0.1, 0.15) is 40.3 Å². The molecule has 164 valence electrons. The van der Waals surface area contributed by atoms with Gasteiger partial charge in [0, 0.05) is 5.56 Å². The van der Waals surface area contributed by atoms with Crippen LogP contribution in [0.2, 0.25) is 0 Å². The van der Waals surface area contributed by atoms with Crippen molar-refractivity contribution in [2.24, 2.45) is 0 Å². The Bertz CT molecular complexity index is 1130. The molecule has 2 rings (SSSR count). The summed E-state index contributed by atoms with van der Waals surface area (Å²) in [6.45, 7) is 8.08. The molecule has 0 spiro atoms. The molecule has 0 fully saturated rings. The van der Waals surface area contributed by atoms with Gasteiger partial charge in [0.15, 0.2) is 21.3 Å². The summed E-state index contributed by atoms with van der Waals surface area (Å²) in [5.74, 6) is 2.21. The SMILES string of the molecule is C#Cc1nc(-c2ccc(S(=O)(=O)C(C)C)cc2)cnc1NC(=O)OC(=O)OC(C)(C)C. The first-order valence-electron chi connectivity index (χ1n) is 9.23. The number of nitrogens with zero attached hydrogens (tertiary/aromatic N) is 2. The lowest BCUT2D eigenvalue weighted by molar-refractivity contribution is 0.0111. The molecule has 1 heterocycles. The molecule has 0 aliphatic carbocycles. The van der Waals surface area contributed by atoms with Crippen LogP contribution in [0.4, 0.5) is 15.4 Å². The Morgan fingerprint density at radius 1 is 1.16 bits per heavy atom. The molecule has 1 amide bonds. The van der Waals surface area contributed by atoms with Gasteiger partial charge in [0.1, 0.15) is 5.60 Å². The Balaban J connectivity index is 2.19. The maximum Gasteiger partial charge on any atom is 0.517 e. The molecular formula is C21H23N3O6S. The molecule has 31 heavy (non-hydrogen) atoms. The minimum absolute atomic E-state index is 0.00230. The Morgan fingerprint density at radius 3 is 2.29 bits per heavy atom. The third-order valence-corrected chi connectivity index (χ3v) is 5.96. The molecule has 0 saturated heterocycles. The summed E-state index contributed by atoms with van der Waals surface area (Å²) in [5, 5.41) is 1.70. The van der Waals surface area contributed by atoms with E-state index in [1.165, 1.54) is 18.3 Å². The molecular weight excluding hydrogens is 422 g/mol. The second kappa shape index (κ2) is 9.14. The van der Waals surface area contributed by atoms with Crippen LogP contribution in [0.3, 0.4) is 0 Å². The zero-order valence-corrected chi connectivity index (χ0v) is 18.6. The van der Waals surface area contributed by atoms with Gasteiger partial charge in [-0.2, -0.15) is 0 Å². The van der Waals surface area contributed by atoms with Crippen LogP contribution < -0.4 is 5.32 Å². The molecule has 10 heteroatoms. The number of hydrogen-bond donors (Lipinski definition) is 1. The first-order valence-corrected chi connectivity index (χ1v) is 10.8. The van der Waals surface area contributed by atoms with E-state index in [4.69, 9.17) is 11.2 Å². The zero-order valence-electron chi connectivity index (χ0n) is 17.8. The van der Waals surface area contributed by atoms with Gasteiger partial charge in [0.2, 0.25) is 0 Å². The molecule has 9 nitrogen and oxygen atoms in total. The highest BCUT2D eigenvalue weighted by atomic mass is 32.2. The van der Waals surface area contributed by atoms with Crippen LogP contribution in [0.25, 0.3) is 11.3 Å². The molecule has 1 N–H and O–H groups in total. The average molecular weight is 445 g/mol. The summed E-state index contributed by atoms with van der Waals surface area (Å²) in [6, 6.07) is 6.13. The predicted molar refractivity (Wildman–Crippen MR) is 114 cm³/mol. The van der Waals surface area contributed by atoms with Crippen molar-refractivity contribution in [3.8, 4) is 23.6 Å². The molecule has 0 atom stereocenters. The summed E-state index contributed by atoms with van der Waals surface area (Å²) >= 11 is 0. The molecule has 0 bridgehead atoms. The van der Waals surface area contributed by atoms with E-state index in [2.05, 4.69) is 25.9 Å². The summed E-state index contributed by atoms with van der Waals surface area (Å²) < 4.78 is 33.9. The van der Waals surface area contributed by atoms with Gasteiger partial charge in [-0.15, -0.1) is 6.42 Å². The summed E-state index contributed by atoms with van der Waals surface area (Å²) in [4.78, 5) is 32.0. The first kappa shape index (κ1) is 23.8. The van der Waals surface area contributed by atoms with Crippen molar-refractivity contribution in [1.29, 1.82) is 0 Å². The third-order valence-electron chi connectivity index (χ3n) is 3.79. The number of anilines is 1. The summed E-state index contributed by atoms with van der Waals surface area (Å²) in [5.41, 5.74) is 0.118. The maximum atomic E-state index is 12.2. The fourth-order valence-electron chi connectivity index (χ4n) is 2.28. The van der Waals surface area contributed by atoms with Crippen molar-refractivity contribution >= 4 is 27.9 Å². The number of aromatic nitrogens is 2. The quantitative estimate of drug-likeness (QED) is 0.428. The number of nitrogens with one attached hydrogen (secondary N) is 1. The molecule has 1 aromatic heterocycles. The van der Waals surface area contributed by atoms with Crippen molar-refractivity contribution in [3.05, 3.63) is 36.2 Å². The Hall–Kier alpha value is -3.45. The maximum absolute atomic E-state index is 12.2. The van der Waals surface area contributed by atoms with E-state index in [1.54, 1.807) is 46.8 Å². The van der Waals surface area contributed by atoms with E-state index in [0.29, 0.717) is 11.3 Å². The number of ether oxygens (including phenoxy) is 2. The lowest BCUT2D eigenvalue weighted by atomic mass is 10.1. The monoisotopic (exact) mass is 445 g/mol. The van der Waals surface area contributed by atoms with Gasteiger partial charge < -0.3 is 9.47 Å². The highest BCUT2D eigenvalue weighted by molar-refractivity contribution is 7.92. The number of rotatable bonds is 4. The fourth-order valence-corrected chi connectivity index (χ4v) is 3.34. The normalized spacial score (nSPS) is 11.5. The van der Waals surface area contributed by atoms with E-state index in [-0.39, 0.29) is 16.4 Å². The van der Waals surface area contributed by atoms with E-state index >= 15 is 0 Å². The minimum atomic E-state index is -3.40. The van der Waals surface area contributed by atoms with Crippen molar-refractivity contribution < 1.29 is 27.5 Å². The van der Waals surface area contributed by atoms with Gasteiger partial charge in [-0.1, -0.05) is 12.1 Å². The fraction of sp³-hybridized carbons (Fsp3) is 0.333. The largest absolute Gasteiger partial charge is 0.517 e. The predicted octanol–water partition coefficient (Wildman–Crippen LogP) is 3.79. The van der Waals surface area contributed by atoms with Crippen LogP contribution >= 0.6 is 0 Å².